The van der Waals surface area contributed by atoms with Gasteiger partial charge in [0.1, 0.15) is 5.69 Å². The molecule has 4 saturated carbocycles. The van der Waals surface area contributed by atoms with Crippen molar-refractivity contribution in [1.29, 1.82) is 0 Å². The average molecular weight is 1070 g/mol. The Balaban J connectivity index is 0.000000213. The number of nitrogens with zero attached hydrogens (tertiary/aromatic N) is 6. The molecule has 70 heavy (non-hydrogen) atoms. The first kappa shape index (κ1) is 53.2. The van der Waals surface area contributed by atoms with Crippen molar-refractivity contribution in [3.8, 4) is 11.1 Å². The van der Waals surface area contributed by atoms with E-state index < -0.39 is 75.0 Å². The second kappa shape index (κ2) is 24.3. The van der Waals surface area contributed by atoms with E-state index in [0.717, 1.165) is 71.1 Å². The van der Waals surface area contributed by atoms with Crippen molar-refractivity contribution < 1.29 is 54.6 Å². The largest absolute Gasteiger partial charge is 8.00 e. The summed E-state index contributed by atoms with van der Waals surface area (Å²) in [6, 6.07) is -0.609. The molecule has 382 valence electrons. The predicted octanol–water partition coefficient (Wildman–Crippen LogP) is 16.2. The Hall–Kier alpha value is -3.10. The first-order valence-corrected chi connectivity index (χ1v) is 26.4. The van der Waals surface area contributed by atoms with Gasteiger partial charge in [0.05, 0.1) is 11.1 Å². The summed E-state index contributed by atoms with van der Waals surface area (Å²) in [6.07, 6.45) is 21.9. The molecule has 10 fully saturated rings. The monoisotopic (exact) mass is 1070 g/mol. The summed E-state index contributed by atoms with van der Waals surface area (Å²) in [4.78, 5) is 0. The van der Waals surface area contributed by atoms with Crippen molar-refractivity contribution in [3.63, 3.8) is 0 Å². The molecule has 12 rings (SSSR count). The summed E-state index contributed by atoms with van der Waals surface area (Å²) >= 11 is 0. The molecule has 4 atom stereocenters. The summed E-state index contributed by atoms with van der Waals surface area (Å²) in [6.45, 7) is 7.38. The minimum Gasteiger partial charge on any atom is -0.689 e. The van der Waals surface area contributed by atoms with Crippen molar-refractivity contribution in [2.45, 2.75) is 166 Å². The molecular formula is C54H69F8N7Ru+2. The molecule has 4 aliphatic carbocycles. The predicted molar refractivity (Wildman–Crippen MR) is 257 cm³/mol. The fourth-order valence-corrected chi connectivity index (χ4v) is 13.2. The first-order valence-electron chi connectivity index (χ1n) is 26.4. The number of allylic oxidation sites excluding steroid dienone is 4. The van der Waals surface area contributed by atoms with E-state index in [2.05, 4.69) is 44.1 Å². The van der Waals surface area contributed by atoms with Crippen molar-refractivity contribution in [3.05, 3.63) is 107 Å². The van der Waals surface area contributed by atoms with E-state index in [9.17, 15) is 0 Å². The molecular weight excluding hydrogens is 1000 g/mol. The maximum absolute atomic E-state index is 15.4. The van der Waals surface area contributed by atoms with Gasteiger partial charge in [-0.3, -0.25) is 0 Å². The number of rotatable bonds is 6. The molecule has 10 aliphatic rings. The van der Waals surface area contributed by atoms with Crippen molar-refractivity contribution in [2.75, 3.05) is 44.6 Å². The Morgan fingerprint density at radius 3 is 1.24 bits per heavy atom. The van der Waals surface area contributed by atoms with E-state index in [4.69, 9.17) is 0 Å². The molecule has 4 unspecified atom stereocenters. The standard InChI is InChI=1S/C34H37F8N3.2C10H16N2.Ru/c1-14-2-4-43-21(6-14)22-13-15(3-5-44-22)12-20-25(35)27(37)23(28(38)26(20)36)24-29(39)31(41)34(32(42)30(24)40)45-33-18-8-16-7-17(10-18)11-19(33)9-16;2*1-3-7-11-9(5-1)10-6-2-4-8-12-10;/h14-19,21-22,33,45H,2-13H2,1H3;2*1-8H2;/q3*-2;+8. The summed E-state index contributed by atoms with van der Waals surface area (Å²) < 4.78 is 123. The van der Waals surface area contributed by atoms with Gasteiger partial charge in [0.15, 0.2) is 46.5 Å². The summed E-state index contributed by atoms with van der Waals surface area (Å²) in [5.41, 5.74) is -0.321. The topological polar surface area (TPSA) is 96.6 Å². The molecule has 6 heterocycles. The third-order valence-electron chi connectivity index (χ3n) is 16.6. The number of piperidine rings is 6. The molecule has 6 aliphatic heterocycles. The molecule has 16 heteroatoms. The van der Waals surface area contributed by atoms with Crippen molar-refractivity contribution >= 4 is 5.69 Å². The number of halogens is 8. The molecule has 0 spiro atoms. The Labute approximate surface area is 422 Å². The van der Waals surface area contributed by atoms with Gasteiger partial charge in [0.25, 0.3) is 0 Å². The summed E-state index contributed by atoms with van der Waals surface area (Å²) in [5, 5.41) is 30.1. The van der Waals surface area contributed by atoms with Gasteiger partial charge in [0, 0.05) is 11.6 Å². The first-order chi connectivity index (χ1) is 33.4. The smallest absolute Gasteiger partial charge is 0.689 e. The van der Waals surface area contributed by atoms with Gasteiger partial charge < -0.3 is 37.2 Å². The second-order valence-electron chi connectivity index (χ2n) is 21.5. The van der Waals surface area contributed by atoms with Crippen LogP contribution in [0, 0.1) is 82.0 Å². The van der Waals surface area contributed by atoms with E-state index in [-0.39, 0.29) is 55.7 Å². The molecule has 4 bridgehead atoms. The van der Waals surface area contributed by atoms with Crippen LogP contribution in [0.4, 0.5) is 40.8 Å². The minimum atomic E-state index is -2.12. The zero-order valence-corrected chi connectivity index (χ0v) is 42.3. The molecule has 0 radical (unpaired) electrons. The number of nitrogens with one attached hydrogen (secondary N) is 1. The van der Waals surface area contributed by atoms with Gasteiger partial charge in [-0.15, -0.1) is 39.3 Å². The Kier molecular flexibility index (Phi) is 18.5. The minimum absolute atomic E-state index is 0. The average Bonchev–Trinajstić information content (AvgIpc) is 3.38. The summed E-state index contributed by atoms with van der Waals surface area (Å²) in [7, 11) is 0. The zero-order chi connectivity index (χ0) is 48.2. The number of anilines is 1. The van der Waals surface area contributed by atoms with Crippen LogP contribution >= 0.6 is 0 Å². The fourth-order valence-electron chi connectivity index (χ4n) is 13.2. The van der Waals surface area contributed by atoms with Gasteiger partial charge in [-0.05, 0) is 74.0 Å². The quantitative estimate of drug-likeness (QED) is 0.174. The van der Waals surface area contributed by atoms with Crippen LogP contribution in [-0.4, -0.2) is 57.4 Å². The van der Waals surface area contributed by atoms with Crippen LogP contribution in [0.3, 0.4) is 0 Å². The van der Waals surface area contributed by atoms with E-state index >= 15 is 35.1 Å². The van der Waals surface area contributed by atoms with Crippen LogP contribution in [0.25, 0.3) is 43.0 Å². The van der Waals surface area contributed by atoms with Crippen LogP contribution in [0.5, 0.6) is 0 Å². The van der Waals surface area contributed by atoms with Crippen LogP contribution in [-0.2, 0) is 25.9 Å². The van der Waals surface area contributed by atoms with E-state index in [1.807, 2.05) is 0 Å². The zero-order valence-electron chi connectivity index (χ0n) is 40.6. The SMILES string of the molecule is C1CCC(=C2CCCC[N-]2)[N-]C1.C1CCC(=C2CCCC[N-]2)[N-]C1.CC1CC[N-]C(C2CC(Cc3c(F)c(F)c(-c4c(F)c(F)c(NC5C6CC7CC(C6)CC5C7)c(F)c4F)c(F)c3F)CC[N-]2)C1.[Ru+8]. The van der Waals surface area contributed by atoms with Crippen LogP contribution in [0.2, 0.25) is 0 Å². The van der Waals surface area contributed by atoms with Crippen molar-refractivity contribution in [1.82, 2.24) is 0 Å². The van der Waals surface area contributed by atoms with Crippen LogP contribution < -0.4 is 5.32 Å². The van der Waals surface area contributed by atoms with Crippen LogP contribution in [0.1, 0.15) is 147 Å². The third-order valence-corrected chi connectivity index (χ3v) is 16.6. The van der Waals surface area contributed by atoms with Gasteiger partial charge in [-0.2, -0.15) is 34.9 Å². The maximum Gasteiger partial charge on any atom is 8.00 e. The Morgan fingerprint density at radius 1 is 0.443 bits per heavy atom. The second-order valence-corrected chi connectivity index (χ2v) is 21.5. The number of hydrogen-bond donors (Lipinski definition) is 1. The molecule has 2 aromatic rings. The number of hydrogen-bond acceptors (Lipinski definition) is 1. The Bertz CT molecular complexity index is 2000. The van der Waals surface area contributed by atoms with E-state index in [1.54, 1.807) is 0 Å². The maximum atomic E-state index is 15.4. The van der Waals surface area contributed by atoms with Gasteiger partial charge in [-0.25, -0.2) is 35.1 Å². The Morgan fingerprint density at radius 2 is 0.843 bits per heavy atom. The molecule has 6 saturated heterocycles. The van der Waals surface area contributed by atoms with Crippen LogP contribution in [0.15, 0.2) is 22.8 Å². The third kappa shape index (κ3) is 12.0. The fraction of sp³-hybridized carbons (Fsp3) is 0.704. The molecule has 7 nitrogen and oxygen atoms in total. The van der Waals surface area contributed by atoms with Gasteiger partial charge in [0.2, 0.25) is 0 Å². The number of benzene rings is 2. The molecule has 1 N–H and O–H groups in total. The molecule has 0 aromatic heterocycles. The van der Waals surface area contributed by atoms with Crippen molar-refractivity contribution in [2.24, 2.45) is 35.5 Å². The van der Waals surface area contributed by atoms with Gasteiger partial charge >= 0.3 is 19.5 Å². The summed E-state index contributed by atoms with van der Waals surface area (Å²) in [5.74, 6) is -14.6. The molecule has 0 amide bonds. The van der Waals surface area contributed by atoms with E-state index in [1.165, 1.54) is 99.8 Å². The van der Waals surface area contributed by atoms with E-state index in [0.29, 0.717) is 43.7 Å². The van der Waals surface area contributed by atoms with Gasteiger partial charge in [-0.1, -0.05) is 110 Å². The normalized spacial score (nSPS) is 32.6. The molecule has 2 aromatic carbocycles.